The van der Waals surface area contributed by atoms with Gasteiger partial charge in [0.05, 0.1) is 11.8 Å². The second-order valence-corrected chi connectivity index (χ2v) is 6.82. The van der Waals surface area contributed by atoms with E-state index < -0.39 is 24.2 Å². The number of nitrogens with zero attached hydrogens (tertiary/aromatic N) is 4. The molecule has 2 N–H and O–H groups in total. The van der Waals surface area contributed by atoms with E-state index in [0.717, 1.165) is 18.5 Å². The van der Waals surface area contributed by atoms with Crippen LogP contribution in [0.2, 0.25) is 0 Å². The predicted octanol–water partition coefficient (Wildman–Crippen LogP) is 0.399. The molecule has 1 amide bonds. The highest BCUT2D eigenvalue weighted by Crippen LogP contribution is 2.39. The van der Waals surface area contributed by atoms with Gasteiger partial charge in [0.1, 0.15) is 12.1 Å². The molecule has 3 rings (SSSR count). The minimum absolute atomic E-state index is 0.0448. The van der Waals surface area contributed by atoms with Gasteiger partial charge in [0.2, 0.25) is 5.91 Å². The second kappa shape index (κ2) is 5.92. The molecule has 126 valence electrons. The Morgan fingerprint density at radius 3 is 2.61 bits per heavy atom. The summed E-state index contributed by atoms with van der Waals surface area (Å²) in [5.41, 5.74) is 0.889. The van der Waals surface area contributed by atoms with Gasteiger partial charge in [0, 0.05) is 25.1 Å². The Morgan fingerprint density at radius 2 is 2.04 bits per heavy atom. The molecular formula is C15H22N4O4. The van der Waals surface area contributed by atoms with E-state index in [9.17, 15) is 19.8 Å². The number of carbonyl (C=O) groups excluding carboxylic acids is 1. The summed E-state index contributed by atoms with van der Waals surface area (Å²) >= 11 is 0. The van der Waals surface area contributed by atoms with Crippen molar-refractivity contribution in [2.75, 3.05) is 6.54 Å². The van der Waals surface area contributed by atoms with E-state index in [1.807, 2.05) is 13.8 Å². The number of hydrogen-bond acceptors (Lipinski definition) is 5. The lowest BCUT2D eigenvalue weighted by molar-refractivity contribution is -0.150. The predicted molar refractivity (Wildman–Crippen MR) is 79.6 cm³/mol. The van der Waals surface area contributed by atoms with Crippen LogP contribution < -0.4 is 0 Å². The largest absolute Gasteiger partial charge is 0.480 e. The first-order valence-electron chi connectivity index (χ1n) is 8.01. The van der Waals surface area contributed by atoms with Crippen LogP contribution >= 0.6 is 0 Å². The van der Waals surface area contributed by atoms with Crippen LogP contribution in [0.3, 0.4) is 0 Å². The molecule has 8 heteroatoms. The minimum atomic E-state index is -1.09. The number of amides is 1. The Hall–Kier alpha value is -1.96. The number of carbonyl (C=O) groups is 2. The Morgan fingerprint density at radius 1 is 1.35 bits per heavy atom. The van der Waals surface area contributed by atoms with Gasteiger partial charge in [-0.2, -0.15) is 0 Å². The molecule has 2 fully saturated rings. The van der Waals surface area contributed by atoms with Gasteiger partial charge in [-0.25, -0.2) is 9.48 Å². The maximum Gasteiger partial charge on any atom is 0.326 e. The molecule has 1 saturated carbocycles. The van der Waals surface area contributed by atoms with Gasteiger partial charge in [-0.3, -0.25) is 4.79 Å². The summed E-state index contributed by atoms with van der Waals surface area (Å²) in [5, 5.41) is 27.3. The third-order valence-corrected chi connectivity index (χ3v) is 4.54. The van der Waals surface area contributed by atoms with E-state index in [2.05, 4.69) is 10.3 Å². The van der Waals surface area contributed by atoms with Gasteiger partial charge >= 0.3 is 5.97 Å². The standard InChI is InChI=1S/C15H22N4O4/c1-8(2)13(19-7-11(16-17-19)9-3-4-9)14(21)18-6-10(20)5-12(18)15(22)23/h7-10,12-13,20H,3-6H2,1-2H3,(H,22,23). The number of aromatic nitrogens is 3. The van der Waals surface area contributed by atoms with Crippen molar-refractivity contribution in [1.29, 1.82) is 0 Å². The Labute approximate surface area is 134 Å². The molecule has 23 heavy (non-hydrogen) atoms. The van der Waals surface area contributed by atoms with E-state index in [1.54, 1.807) is 10.9 Å². The van der Waals surface area contributed by atoms with Crippen LogP contribution in [-0.2, 0) is 9.59 Å². The van der Waals surface area contributed by atoms with Crippen LogP contribution in [0.5, 0.6) is 0 Å². The minimum Gasteiger partial charge on any atom is -0.480 e. The van der Waals surface area contributed by atoms with Crippen LogP contribution in [-0.4, -0.2) is 60.7 Å². The summed E-state index contributed by atoms with van der Waals surface area (Å²) in [6.07, 6.45) is 3.25. The fourth-order valence-electron chi connectivity index (χ4n) is 3.16. The highest BCUT2D eigenvalue weighted by Gasteiger charge is 2.42. The van der Waals surface area contributed by atoms with Gasteiger partial charge in [-0.05, 0) is 18.8 Å². The lowest BCUT2D eigenvalue weighted by Gasteiger charge is -2.28. The molecule has 1 saturated heterocycles. The first-order chi connectivity index (χ1) is 10.9. The lowest BCUT2D eigenvalue weighted by atomic mass is 10.0. The average molecular weight is 322 g/mol. The molecule has 1 aromatic rings. The van der Waals surface area contributed by atoms with Crippen molar-refractivity contribution in [2.24, 2.45) is 5.92 Å². The smallest absolute Gasteiger partial charge is 0.326 e. The molecular weight excluding hydrogens is 300 g/mol. The molecule has 0 aromatic carbocycles. The Bertz CT molecular complexity index is 610. The quantitative estimate of drug-likeness (QED) is 0.812. The van der Waals surface area contributed by atoms with Gasteiger partial charge in [-0.1, -0.05) is 19.1 Å². The topological polar surface area (TPSA) is 109 Å². The molecule has 3 atom stereocenters. The number of aliphatic hydroxyl groups is 1. The Balaban J connectivity index is 1.84. The van der Waals surface area contributed by atoms with Crippen molar-refractivity contribution in [3.63, 3.8) is 0 Å². The molecule has 1 aliphatic carbocycles. The van der Waals surface area contributed by atoms with Crippen LogP contribution in [0.4, 0.5) is 0 Å². The first kappa shape index (κ1) is 15.9. The average Bonchev–Trinajstić information content (AvgIpc) is 3.08. The van der Waals surface area contributed by atoms with Crippen LogP contribution in [0.15, 0.2) is 6.20 Å². The van der Waals surface area contributed by atoms with Crippen LogP contribution in [0, 0.1) is 5.92 Å². The number of likely N-dealkylation sites (tertiary alicyclic amines) is 1. The fraction of sp³-hybridized carbons (Fsp3) is 0.733. The van der Waals surface area contributed by atoms with Crippen molar-refractivity contribution < 1.29 is 19.8 Å². The summed E-state index contributed by atoms with van der Waals surface area (Å²) in [7, 11) is 0. The third kappa shape index (κ3) is 3.08. The molecule has 2 heterocycles. The van der Waals surface area contributed by atoms with Crippen molar-refractivity contribution >= 4 is 11.9 Å². The zero-order valence-electron chi connectivity index (χ0n) is 13.3. The Kier molecular flexibility index (Phi) is 4.09. The van der Waals surface area contributed by atoms with Crippen molar-refractivity contribution in [1.82, 2.24) is 19.9 Å². The van der Waals surface area contributed by atoms with E-state index >= 15 is 0 Å². The molecule has 2 aliphatic rings. The molecule has 0 radical (unpaired) electrons. The number of carboxylic acid groups (broad SMARTS) is 1. The summed E-state index contributed by atoms with van der Waals surface area (Å²) in [6.45, 7) is 3.83. The van der Waals surface area contributed by atoms with Crippen LogP contribution in [0.25, 0.3) is 0 Å². The van der Waals surface area contributed by atoms with Crippen LogP contribution in [0.1, 0.15) is 50.8 Å². The van der Waals surface area contributed by atoms with E-state index in [0.29, 0.717) is 5.92 Å². The van der Waals surface area contributed by atoms with E-state index in [-0.39, 0.29) is 24.8 Å². The van der Waals surface area contributed by atoms with Crippen molar-refractivity contribution in [2.45, 2.75) is 57.2 Å². The van der Waals surface area contributed by atoms with Crippen molar-refractivity contribution in [3.8, 4) is 0 Å². The normalized spacial score (nSPS) is 25.8. The molecule has 1 aromatic heterocycles. The molecule has 8 nitrogen and oxygen atoms in total. The number of aliphatic hydroxyl groups excluding tert-OH is 1. The molecule has 3 unspecified atom stereocenters. The number of β-amino-alcohol motifs (C(OH)–C–C–N with tert-alkyl or cyclic N) is 1. The lowest BCUT2D eigenvalue weighted by Crippen LogP contribution is -2.45. The monoisotopic (exact) mass is 322 g/mol. The molecule has 0 spiro atoms. The van der Waals surface area contributed by atoms with Gasteiger partial charge in [0.15, 0.2) is 0 Å². The summed E-state index contributed by atoms with van der Waals surface area (Å²) in [6, 6.07) is -1.59. The highest BCUT2D eigenvalue weighted by atomic mass is 16.4. The van der Waals surface area contributed by atoms with E-state index in [4.69, 9.17) is 0 Å². The SMILES string of the molecule is CC(C)C(C(=O)N1CC(O)CC1C(=O)O)n1cc(C2CC2)nn1. The maximum atomic E-state index is 12.9. The zero-order valence-corrected chi connectivity index (χ0v) is 13.3. The highest BCUT2D eigenvalue weighted by molar-refractivity contribution is 5.87. The van der Waals surface area contributed by atoms with Gasteiger partial charge < -0.3 is 15.1 Å². The number of aliphatic carboxylic acids is 1. The first-order valence-corrected chi connectivity index (χ1v) is 8.01. The zero-order chi connectivity index (χ0) is 16.7. The summed E-state index contributed by atoms with van der Waals surface area (Å²) in [5.74, 6) is -1.04. The summed E-state index contributed by atoms with van der Waals surface area (Å²) in [4.78, 5) is 25.5. The third-order valence-electron chi connectivity index (χ3n) is 4.54. The van der Waals surface area contributed by atoms with Gasteiger partial charge in [0.25, 0.3) is 0 Å². The molecule has 0 bridgehead atoms. The summed E-state index contributed by atoms with van der Waals surface area (Å²) < 4.78 is 1.55. The number of rotatable bonds is 5. The molecule has 1 aliphatic heterocycles. The van der Waals surface area contributed by atoms with Gasteiger partial charge in [-0.15, -0.1) is 5.10 Å². The number of carboxylic acids is 1. The number of hydrogen-bond donors (Lipinski definition) is 2. The fourth-order valence-corrected chi connectivity index (χ4v) is 3.16. The second-order valence-electron chi connectivity index (χ2n) is 6.82. The van der Waals surface area contributed by atoms with Crippen molar-refractivity contribution in [3.05, 3.63) is 11.9 Å². The maximum absolute atomic E-state index is 12.9. The van der Waals surface area contributed by atoms with E-state index in [1.165, 1.54) is 4.90 Å².